The highest BCUT2D eigenvalue weighted by atomic mass is 15.2. The molecule has 0 radical (unpaired) electrons. The molecule has 2 rings (SSSR count). The lowest BCUT2D eigenvalue weighted by Gasteiger charge is -2.33. The van der Waals surface area contributed by atoms with Crippen LogP contribution in [0.1, 0.15) is 45.6 Å². The Hall–Kier alpha value is -1.02. The lowest BCUT2D eigenvalue weighted by molar-refractivity contribution is 0.476. The number of nitrogens with zero attached hydrogens (tertiary/aromatic N) is 1. The summed E-state index contributed by atoms with van der Waals surface area (Å²) in [6.45, 7) is 11.0. The first-order chi connectivity index (χ1) is 8.44. The quantitative estimate of drug-likeness (QED) is 0.886. The molecular formula is C16H26N2. The third-order valence-electron chi connectivity index (χ3n) is 4.16. The van der Waals surface area contributed by atoms with E-state index in [1.165, 1.54) is 17.7 Å². The Balaban J connectivity index is 2.21. The number of benzene rings is 1. The minimum atomic E-state index is 0.226. The molecule has 1 fully saturated rings. The Morgan fingerprint density at radius 2 is 1.89 bits per heavy atom. The van der Waals surface area contributed by atoms with Gasteiger partial charge in [-0.2, -0.15) is 0 Å². The van der Waals surface area contributed by atoms with Crippen LogP contribution >= 0.6 is 0 Å². The molecule has 1 aromatic rings. The Labute approximate surface area is 111 Å². The molecule has 1 aliphatic rings. The van der Waals surface area contributed by atoms with E-state index in [1.54, 1.807) is 0 Å². The Kier molecular flexibility index (Phi) is 3.67. The van der Waals surface area contributed by atoms with Gasteiger partial charge in [-0.15, -0.1) is 0 Å². The number of hydrogen-bond acceptors (Lipinski definition) is 2. The van der Waals surface area contributed by atoms with Crippen molar-refractivity contribution in [1.82, 2.24) is 0 Å². The lowest BCUT2D eigenvalue weighted by Crippen LogP contribution is -2.38. The van der Waals surface area contributed by atoms with Gasteiger partial charge in [-0.25, -0.2) is 0 Å². The third kappa shape index (κ3) is 2.54. The number of nitrogens with two attached hydrogens (primary N) is 1. The maximum Gasteiger partial charge on any atom is 0.0370 e. The smallest absolute Gasteiger partial charge is 0.0370 e. The summed E-state index contributed by atoms with van der Waals surface area (Å²) in [4.78, 5) is 2.51. The standard InChI is InChI=1S/C16H26N2/c1-12(2)14-5-7-15(8-6-14)18-11-13(10-17)9-16(18,3)4/h5-8,12-13H,9-11,17H2,1-4H3. The van der Waals surface area contributed by atoms with Crippen molar-refractivity contribution in [3.8, 4) is 0 Å². The van der Waals surface area contributed by atoms with Crippen molar-refractivity contribution in [2.45, 2.75) is 45.6 Å². The molecule has 18 heavy (non-hydrogen) atoms. The molecule has 0 aromatic heterocycles. The topological polar surface area (TPSA) is 29.3 Å². The van der Waals surface area contributed by atoms with Crippen LogP contribution in [-0.2, 0) is 0 Å². The van der Waals surface area contributed by atoms with Gasteiger partial charge in [-0.1, -0.05) is 26.0 Å². The van der Waals surface area contributed by atoms with E-state index < -0.39 is 0 Å². The zero-order valence-corrected chi connectivity index (χ0v) is 12.1. The van der Waals surface area contributed by atoms with Crippen LogP contribution in [0.4, 0.5) is 5.69 Å². The maximum atomic E-state index is 5.83. The third-order valence-corrected chi connectivity index (χ3v) is 4.16. The van der Waals surface area contributed by atoms with Crippen LogP contribution in [0.5, 0.6) is 0 Å². The SMILES string of the molecule is CC(C)c1ccc(N2CC(CN)CC2(C)C)cc1. The molecule has 0 bridgehead atoms. The minimum absolute atomic E-state index is 0.226. The van der Waals surface area contributed by atoms with Crippen LogP contribution in [0.3, 0.4) is 0 Å². The average Bonchev–Trinajstić information content (AvgIpc) is 2.64. The predicted octanol–water partition coefficient (Wildman–Crippen LogP) is 3.37. The number of hydrogen-bond donors (Lipinski definition) is 1. The molecule has 0 spiro atoms. The molecule has 2 heteroatoms. The fraction of sp³-hybridized carbons (Fsp3) is 0.625. The van der Waals surface area contributed by atoms with E-state index in [0.717, 1.165) is 13.1 Å². The molecule has 1 aromatic carbocycles. The van der Waals surface area contributed by atoms with Gasteiger partial charge in [0.25, 0.3) is 0 Å². The van der Waals surface area contributed by atoms with Gasteiger partial charge in [0, 0.05) is 17.8 Å². The molecule has 2 nitrogen and oxygen atoms in total. The summed E-state index contributed by atoms with van der Waals surface area (Å²) in [6.07, 6.45) is 1.19. The summed E-state index contributed by atoms with van der Waals surface area (Å²) in [7, 11) is 0. The number of anilines is 1. The zero-order valence-electron chi connectivity index (χ0n) is 12.1. The van der Waals surface area contributed by atoms with Crippen molar-refractivity contribution in [2.24, 2.45) is 11.7 Å². The molecule has 1 saturated heterocycles. The molecule has 1 atom stereocenters. The largest absolute Gasteiger partial charge is 0.366 e. The maximum absolute atomic E-state index is 5.83. The van der Waals surface area contributed by atoms with Crippen LogP contribution in [0.25, 0.3) is 0 Å². The summed E-state index contributed by atoms with van der Waals surface area (Å²) in [5, 5.41) is 0. The van der Waals surface area contributed by atoms with Crippen molar-refractivity contribution in [3.63, 3.8) is 0 Å². The van der Waals surface area contributed by atoms with E-state index in [1.807, 2.05) is 0 Å². The molecule has 1 heterocycles. The second-order valence-corrected chi connectivity index (χ2v) is 6.48. The molecular weight excluding hydrogens is 220 g/mol. The van der Waals surface area contributed by atoms with E-state index in [-0.39, 0.29) is 5.54 Å². The summed E-state index contributed by atoms with van der Waals surface area (Å²) in [6, 6.07) is 9.03. The average molecular weight is 246 g/mol. The lowest BCUT2D eigenvalue weighted by atomic mass is 9.96. The highest BCUT2D eigenvalue weighted by molar-refractivity contribution is 5.51. The first-order valence-electron chi connectivity index (χ1n) is 7.01. The van der Waals surface area contributed by atoms with Gasteiger partial charge in [-0.05, 0) is 56.3 Å². The summed E-state index contributed by atoms with van der Waals surface area (Å²) < 4.78 is 0. The Bertz CT molecular complexity index is 392. The molecule has 1 unspecified atom stereocenters. The van der Waals surface area contributed by atoms with Crippen LogP contribution < -0.4 is 10.6 Å². The number of rotatable bonds is 3. The molecule has 2 N–H and O–H groups in total. The first-order valence-corrected chi connectivity index (χ1v) is 7.01. The molecule has 1 aliphatic heterocycles. The predicted molar refractivity (Wildman–Crippen MR) is 79.1 cm³/mol. The fourth-order valence-corrected chi connectivity index (χ4v) is 3.04. The molecule has 0 aliphatic carbocycles. The van der Waals surface area contributed by atoms with E-state index in [0.29, 0.717) is 11.8 Å². The van der Waals surface area contributed by atoms with E-state index >= 15 is 0 Å². The van der Waals surface area contributed by atoms with Crippen LogP contribution in [0.2, 0.25) is 0 Å². The monoisotopic (exact) mass is 246 g/mol. The first kappa shape index (κ1) is 13.4. The van der Waals surface area contributed by atoms with E-state index in [9.17, 15) is 0 Å². The summed E-state index contributed by atoms with van der Waals surface area (Å²) in [5.74, 6) is 1.23. The summed E-state index contributed by atoms with van der Waals surface area (Å²) >= 11 is 0. The Morgan fingerprint density at radius 1 is 1.28 bits per heavy atom. The van der Waals surface area contributed by atoms with E-state index in [2.05, 4.69) is 56.9 Å². The summed E-state index contributed by atoms with van der Waals surface area (Å²) in [5.41, 5.74) is 8.80. The fourth-order valence-electron chi connectivity index (χ4n) is 3.04. The highest BCUT2D eigenvalue weighted by Crippen LogP contribution is 2.36. The van der Waals surface area contributed by atoms with Crippen molar-refractivity contribution in [3.05, 3.63) is 29.8 Å². The van der Waals surface area contributed by atoms with Gasteiger partial charge in [-0.3, -0.25) is 0 Å². The van der Waals surface area contributed by atoms with Crippen molar-refractivity contribution in [1.29, 1.82) is 0 Å². The minimum Gasteiger partial charge on any atom is -0.366 e. The highest BCUT2D eigenvalue weighted by Gasteiger charge is 2.37. The van der Waals surface area contributed by atoms with Crippen molar-refractivity contribution < 1.29 is 0 Å². The van der Waals surface area contributed by atoms with Crippen LogP contribution in [0, 0.1) is 5.92 Å². The van der Waals surface area contributed by atoms with Gasteiger partial charge in [0.05, 0.1) is 0 Å². The Morgan fingerprint density at radius 3 is 2.33 bits per heavy atom. The second kappa shape index (κ2) is 4.93. The molecule has 100 valence electrons. The van der Waals surface area contributed by atoms with Crippen LogP contribution in [0.15, 0.2) is 24.3 Å². The zero-order chi connectivity index (χ0) is 13.3. The van der Waals surface area contributed by atoms with Crippen molar-refractivity contribution in [2.75, 3.05) is 18.0 Å². The van der Waals surface area contributed by atoms with Crippen LogP contribution in [-0.4, -0.2) is 18.6 Å². The van der Waals surface area contributed by atoms with Gasteiger partial charge >= 0.3 is 0 Å². The van der Waals surface area contributed by atoms with Gasteiger partial charge < -0.3 is 10.6 Å². The normalized spacial score (nSPS) is 22.8. The van der Waals surface area contributed by atoms with Gasteiger partial charge in [0.15, 0.2) is 0 Å². The molecule has 0 amide bonds. The molecule has 0 saturated carbocycles. The van der Waals surface area contributed by atoms with Gasteiger partial charge in [0.2, 0.25) is 0 Å². The van der Waals surface area contributed by atoms with Crippen molar-refractivity contribution >= 4 is 5.69 Å². The van der Waals surface area contributed by atoms with Gasteiger partial charge in [0.1, 0.15) is 0 Å². The second-order valence-electron chi connectivity index (χ2n) is 6.48. The van der Waals surface area contributed by atoms with E-state index in [4.69, 9.17) is 5.73 Å².